The van der Waals surface area contributed by atoms with Crippen LogP contribution in [0.15, 0.2) is 49.6 Å². The molecule has 0 unspecified atom stereocenters. The van der Waals surface area contributed by atoms with Crippen LogP contribution in [0.1, 0.15) is 18.4 Å². The van der Waals surface area contributed by atoms with Gasteiger partial charge in [-0.05, 0) is 18.9 Å². The van der Waals surface area contributed by atoms with E-state index in [0.29, 0.717) is 18.9 Å². The SMILES string of the molecule is O=C(NCc1cccnc1-n1cncn1)[C@@H]1CCCN(c2cnccn2)C1. The van der Waals surface area contributed by atoms with Crippen LogP contribution >= 0.6 is 0 Å². The molecule has 138 valence electrons. The Hall–Kier alpha value is -3.36. The number of nitrogens with zero attached hydrogens (tertiary/aromatic N) is 7. The highest BCUT2D eigenvalue weighted by molar-refractivity contribution is 5.79. The Morgan fingerprint density at radius 2 is 2.19 bits per heavy atom. The van der Waals surface area contributed by atoms with Gasteiger partial charge >= 0.3 is 0 Å². The largest absolute Gasteiger partial charge is 0.355 e. The summed E-state index contributed by atoms with van der Waals surface area (Å²) in [7, 11) is 0. The Kier molecular flexibility index (Phi) is 4.99. The molecule has 4 rings (SSSR count). The van der Waals surface area contributed by atoms with E-state index in [-0.39, 0.29) is 11.8 Å². The number of aromatic nitrogens is 6. The van der Waals surface area contributed by atoms with E-state index in [0.717, 1.165) is 30.8 Å². The summed E-state index contributed by atoms with van der Waals surface area (Å²) in [5.41, 5.74) is 0.887. The van der Waals surface area contributed by atoms with Crippen molar-refractivity contribution in [1.29, 1.82) is 0 Å². The standard InChI is InChI=1S/C18H20N8O/c27-18(15-4-2-8-25(11-15)16-10-19-6-7-21-16)23-9-14-3-1-5-22-17(14)26-13-20-12-24-26/h1,3,5-7,10,12-13,15H,2,4,8-9,11H2,(H,23,27)/t15-/m1/s1. The van der Waals surface area contributed by atoms with Gasteiger partial charge < -0.3 is 10.2 Å². The van der Waals surface area contributed by atoms with Crippen molar-refractivity contribution in [2.45, 2.75) is 19.4 Å². The van der Waals surface area contributed by atoms with Gasteiger partial charge in [-0.1, -0.05) is 6.07 Å². The predicted octanol–water partition coefficient (Wildman–Crippen LogP) is 0.985. The van der Waals surface area contributed by atoms with Gasteiger partial charge in [0, 0.05) is 43.8 Å². The van der Waals surface area contributed by atoms with E-state index >= 15 is 0 Å². The van der Waals surface area contributed by atoms with Gasteiger partial charge in [0.25, 0.3) is 0 Å². The second-order valence-corrected chi connectivity index (χ2v) is 6.39. The zero-order valence-corrected chi connectivity index (χ0v) is 14.8. The number of carbonyl (C=O) groups is 1. The van der Waals surface area contributed by atoms with Gasteiger partial charge in [-0.15, -0.1) is 0 Å². The molecule has 9 heteroatoms. The molecular weight excluding hydrogens is 344 g/mol. The molecule has 0 aliphatic carbocycles. The van der Waals surface area contributed by atoms with Crippen molar-refractivity contribution in [2.24, 2.45) is 5.92 Å². The number of amides is 1. The third-order valence-electron chi connectivity index (χ3n) is 4.62. The smallest absolute Gasteiger partial charge is 0.225 e. The Bertz CT molecular complexity index is 883. The quantitative estimate of drug-likeness (QED) is 0.720. The highest BCUT2D eigenvalue weighted by Crippen LogP contribution is 2.21. The molecule has 3 aromatic heterocycles. The van der Waals surface area contributed by atoms with Crippen LogP contribution < -0.4 is 10.2 Å². The molecule has 1 N–H and O–H groups in total. The Morgan fingerprint density at radius 1 is 1.22 bits per heavy atom. The molecule has 4 heterocycles. The average molecular weight is 364 g/mol. The third kappa shape index (κ3) is 3.91. The minimum atomic E-state index is -0.0766. The monoisotopic (exact) mass is 364 g/mol. The van der Waals surface area contributed by atoms with E-state index in [1.807, 2.05) is 12.1 Å². The first-order chi connectivity index (χ1) is 13.3. The Balaban J connectivity index is 1.40. The molecule has 0 bridgehead atoms. The highest BCUT2D eigenvalue weighted by Gasteiger charge is 2.26. The number of hydrogen-bond donors (Lipinski definition) is 1. The van der Waals surface area contributed by atoms with Crippen molar-refractivity contribution >= 4 is 11.7 Å². The van der Waals surface area contributed by atoms with Gasteiger partial charge in [0.2, 0.25) is 5.91 Å². The molecule has 0 radical (unpaired) electrons. The van der Waals surface area contributed by atoms with Gasteiger partial charge in [-0.2, -0.15) is 5.10 Å². The van der Waals surface area contributed by atoms with Crippen LogP contribution in [0.25, 0.3) is 5.82 Å². The van der Waals surface area contributed by atoms with Crippen LogP contribution in [0, 0.1) is 5.92 Å². The van der Waals surface area contributed by atoms with Gasteiger partial charge in [0.1, 0.15) is 18.5 Å². The first-order valence-electron chi connectivity index (χ1n) is 8.89. The summed E-state index contributed by atoms with van der Waals surface area (Å²) < 4.78 is 1.60. The number of rotatable bonds is 5. The average Bonchev–Trinajstić information content (AvgIpc) is 3.28. The maximum atomic E-state index is 12.7. The minimum absolute atomic E-state index is 0.0389. The topological polar surface area (TPSA) is 102 Å². The summed E-state index contributed by atoms with van der Waals surface area (Å²) in [6.07, 6.45) is 11.6. The van der Waals surface area contributed by atoms with Crippen LogP contribution in [0.4, 0.5) is 5.82 Å². The third-order valence-corrected chi connectivity index (χ3v) is 4.62. The second-order valence-electron chi connectivity index (χ2n) is 6.39. The fourth-order valence-corrected chi connectivity index (χ4v) is 3.27. The molecule has 1 saturated heterocycles. The maximum absolute atomic E-state index is 12.7. The molecular formula is C18H20N8O. The molecule has 0 aromatic carbocycles. The number of pyridine rings is 1. The lowest BCUT2D eigenvalue weighted by molar-refractivity contribution is -0.125. The van der Waals surface area contributed by atoms with Crippen molar-refractivity contribution in [1.82, 2.24) is 35.0 Å². The number of anilines is 1. The predicted molar refractivity (Wildman–Crippen MR) is 98.0 cm³/mol. The van der Waals surface area contributed by atoms with Crippen molar-refractivity contribution in [2.75, 3.05) is 18.0 Å². The van der Waals surface area contributed by atoms with Gasteiger partial charge in [0.05, 0.1) is 12.1 Å². The fourth-order valence-electron chi connectivity index (χ4n) is 3.27. The van der Waals surface area contributed by atoms with Crippen molar-refractivity contribution in [3.05, 3.63) is 55.1 Å². The Labute approximate surface area is 156 Å². The van der Waals surface area contributed by atoms with Crippen LogP contribution in [-0.2, 0) is 11.3 Å². The first-order valence-corrected chi connectivity index (χ1v) is 8.89. The van der Waals surface area contributed by atoms with E-state index in [2.05, 4.69) is 35.3 Å². The molecule has 0 spiro atoms. The zero-order valence-electron chi connectivity index (χ0n) is 14.8. The molecule has 1 aliphatic rings. The van der Waals surface area contributed by atoms with Gasteiger partial charge in [0.15, 0.2) is 5.82 Å². The van der Waals surface area contributed by atoms with Crippen LogP contribution in [0.2, 0.25) is 0 Å². The summed E-state index contributed by atoms with van der Waals surface area (Å²) in [5.74, 6) is 1.44. The molecule has 3 aromatic rings. The summed E-state index contributed by atoms with van der Waals surface area (Å²) in [6, 6.07) is 3.77. The highest BCUT2D eigenvalue weighted by atomic mass is 16.1. The van der Waals surface area contributed by atoms with E-state index in [1.165, 1.54) is 6.33 Å². The summed E-state index contributed by atoms with van der Waals surface area (Å²) >= 11 is 0. The zero-order chi connectivity index (χ0) is 18.5. The lowest BCUT2D eigenvalue weighted by Crippen LogP contribution is -2.43. The molecule has 27 heavy (non-hydrogen) atoms. The van der Waals surface area contributed by atoms with Crippen molar-refractivity contribution in [3.63, 3.8) is 0 Å². The van der Waals surface area contributed by atoms with Gasteiger partial charge in [-0.3, -0.25) is 9.78 Å². The van der Waals surface area contributed by atoms with E-state index in [9.17, 15) is 4.79 Å². The minimum Gasteiger partial charge on any atom is -0.355 e. The summed E-state index contributed by atoms with van der Waals surface area (Å²) in [4.78, 5) is 31.6. The number of piperidine rings is 1. The lowest BCUT2D eigenvalue weighted by atomic mass is 9.97. The molecule has 1 fully saturated rings. The van der Waals surface area contributed by atoms with Crippen LogP contribution in [0.5, 0.6) is 0 Å². The second kappa shape index (κ2) is 7.90. The van der Waals surface area contributed by atoms with E-state index in [1.54, 1.807) is 35.8 Å². The van der Waals surface area contributed by atoms with Gasteiger partial charge in [-0.25, -0.2) is 19.6 Å². The molecule has 0 saturated carbocycles. The maximum Gasteiger partial charge on any atom is 0.225 e. The normalized spacial score (nSPS) is 16.9. The molecule has 1 atom stereocenters. The van der Waals surface area contributed by atoms with Crippen molar-refractivity contribution < 1.29 is 4.79 Å². The van der Waals surface area contributed by atoms with Crippen LogP contribution in [0.3, 0.4) is 0 Å². The molecule has 1 aliphatic heterocycles. The van der Waals surface area contributed by atoms with E-state index < -0.39 is 0 Å². The lowest BCUT2D eigenvalue weighted by Gasteiger charge is -2.32. The number of hydrogen-bond acceptors (Lipinski definition) is 7. The molecule has 1 amide bonds. The van der Waals surface area contributed by atoms with Crippen LogP contribution in [-0.4, -0.2) is 48.7 Å². The molecule has 9 nitrogen and oxygen atoms in total. The number of nitrogens with one attached hydrogen (secondary N) is 1. The van der Waals surface area contributed by atoms with E-state index in [4.69, 9.17) is 0 Å². The summed E-state index contributed by atoms with van der Waals surface area (Å²) in [5, 5.41) is 7.16. The first kappa shape index (κ1) is 17.1. The summed E-state index contributed by atoms with van der Waals surface area (Å²) in [6.45, 7) is 1.93. The fraction of sp³-hybridized carbons (Fsp3) is 0.333. The van der Waals surface area contributed by atoms with Crippen molar-refractivity contribution in [3.8, 4) is 5.82 Å². The number of carbonyl (C=O) groups excluding carboxylic acids is 1. The Morgan fingerprint density at radius 3 is 3.00 bits per heavy atom.